The molecule has 0 radical (unpaired) electrons. The van der Waals surface area contributed by atoms with Gasteiger partial charge in [-0.05, 0) is 243 Å². The van der Waals surface area contributed by atoms with Gasteiger partial charge < -0.3 is 70.7 Å². The summed E-state index contributed by atoms with van der Waals surface area (Å²) < 4.78 is 39.7. The Kier molecular flexibility index (Phi) is 32.5. The van der Waals surface area contributed by atoms with Gasteiger partial charge in [-0.3, -0.25) is 14.7 Å². The molecule has 6 heterocycles. The molecule has 0 unspecified atom stereocenters. The van der Waals surface area contributed by atoms with Crippen molar-refractivity contribution in [2.75, 3.05) is 126 Å². The van der Waals surface area contributed by atoms with E-state index in [0.29, 0.717) is 85.4 Å². The maximum atomic E-state index is 12.8. The Hall–Kier alpha value is -15.1. The lowest BCUT2D eigenvalue weighted by atomic mass is 9.89. The quantitative estimate of drug-likeness (QED) is 0.0448. The molecule has 24 heteroatoms. The number of carbonyl (C=O) groups is 6. The number of amides is 12. The van der Waals surface area contributed by atoms with E-state index in [1.165, 1.54) is 56.6 Å². The van der Waals surface area contributed by atoms with Crippen LogP contribution in [0.3, 0.4) is 0 Å². The van der Waals surface area contributed by atoms with Crippen molar-refractivity contribution < 1.29 is 56.8 Å². The summed E-state index contributed by atoms with van der Waals surface area (Å²) in [6.45, 7) is 20.9. The zero-order valence-corrected chi connectivity index (χ0v) is 73.8. The molecule has 0 aliphatic carbocycles. The number of piperidine rings is 1. The summed E-state index contributed by atoms with van der Waals surface area (Å²) in [6.07, 6.45) is 6.55. The van der Waals surface area contributed by atoms with Crippen LogP contribution in [0, 0.1) is 19.7 Å². The Bertz CT molecular complexity index is 5800. The van der Waals surface area contributed by atoms with Crippen molar-refractivity contribution in [3.8, 4) is 39.9 Å². The number of methoxy groups -OCH3 is 1. The number of hydrogen-bond acceptors (Lipinski definition) is 11. The first-order valence-corrected chi connectivity index (χ1v) is 43.7. The van der Waals surface area contributed by atoms with Crippen LogP contribution in [0.4, 0.5) is 84.3 Å². The summed E-state index contributed by atoms with van der Waals surface area (Å²) in [7, 11) is 1.72. The molecule has 0 saturated carbocycles. The number of halogens is 1. The minimum atomic E-state index is -0.361. The van der Waals surface area contributed by atoms with Crippen molar-refractivity contribution in [2.24, 2.45) is 0 Å². The summed E-state index contributed by atoms with van der Waals surface area (Å²) in [5.74, 6) is 3.68. The van der Waals surface area contributed by atoms with Gasteiger partial charge in [0.05, 0.1) is 7.11 Å². The number of nitrogens with one attached hydrogen (secondary N) is 7. The van der Waals surface area contributed by atoms with E-state index < -0.39 is 0 Å². The number of hydrogen-bond donors (Lipinski definition) is 7. The smallest absolute Gasteiger partial charge is 0.326 e. The van der Waals surface area contributed by atoms with Crippen molar-refractivity contribution in [3.63, 3.8) is 0 Å². The molecule has 6 aliphatic heterocycles. The highest BCUT2D eigenvalue weighted by molar-refractivity contribution is 6.05. The Morgan fingerprint density at radius 2 is 0.884 bits per heavy atom. The molecule has 664 valence electrons. The van der Waals surface area contributed by atoms with Crippen LogP contribution in [-0.4, -0.2) is 125 Å². The summed E-state index contributed by atoms with van der Waals surface area (Å²) in [5.41, 5.74) is 20.4. The first kappa shape index (κ1) is 91.6. The predicted octanol–water partition coefficient (Wildman–Crippen LogP) is 22.6. The van der Waals surface area contributed by atoms with Gasteiger partial charge in [0.1, 0.15) is 24.8 Å². The van der Waals surface area contributed by atoms with Crippen LogP contribution in [0.25, 0.3) is 11.1 Å². The van der Waals surface area contributed by atoms with Gasteiger partial charge in [-0.15, -0.1) is 0 Å². The fraction of sp³-hybridized carbons (Fsp3) is 0.238. The number of carbonyl (C=O) groups excluding carboxylic acids is 6. The molecule has 0 atom stereocenters. The number of nitrogens with zero attached hydrogens (tertiary/aromatic N) is 5. The summed E-state index contributed by atoms with van der Waals surface area (Å²) in [4.78, 5) is 82.5. The van der Waals surface area contributed by atoms with Gasteiger partial charge in [0.2, 0.25) is 6.79 Å². The Morgan fingerprint density at radius 1 is 0.442 bits per heavy atom. The number of para-hydroxylation sites is 4. The molecule has 6 aliphatic rings. The monoisotopic (exact) mass is 1730 g/mol. The molecule has 0 aromatic heterocycles. The van der Waals surface area contributed by atoms with Gasteiger partial charge in [0.25, 0.3) is 0 Å². The van der Waals surface area contributed by atoms with Gasteiger partial charge in [0.15, 0.2) is 23.0 Å². The van der Waals surface area contributed by atoms with Crippen molar-refractivity contribution in [3.05, 3.63) is 348 Å². The van der Waals surface area contributed by atoms with Crippen molar-refractivity contribution in [1.82, 2.24) is 15.1 Å². The lowest BCUT2D eigenvalue weighted by Gasteiger charge is -2.32. The van der Waals surface area contributed by atoms with E-state index in [0.717, 1.165) is 128 Å². The number of fused-ring (bicyclic) bond motifs is 5. The summed E-state index contributed by atoms with van der Waals surface area (Å²) >= 11 is 0. The van der Waals surface area contributed by atoms with Crippen LogP contribution in [-0.2, 0) is 32.1 Å². The number of likely N-dealkylation sites (tertiary alicyclic amines) is 1. The van der Waals surface area contributed by atoms with E-state index in [1.54, 1.807) is 65.4 Å². The normalized spacial score (nSPS) is 13.2. The minimum Gasteiger partial charge on any atom is -0.496 e. The average Bonchev–Trinajstić information content (AvgIpc) is 1.59. The van der Waals surface area contributed by atoms with Crippen molar-refractivity contribution in [2.45, 2.75) is 85.5 Å². The number of likely N-dealkylation sites (N-methyl/N-ethyl adjacent to an activating group) is 1. The zero-order chi connectivity index (χ0) is 90.4. The van der Waals surface area contributed by atoms with Crippen LogP contribution in [0.15, 0.2) is 297 Å². The molecule has 129 heavy (non-hydrogen) atoms. The molecule has 1 fully saturated rings. The van der Waals surface area contributed by atoms with Crippen LogP contribution in [0.2, 0.25) is 0 Å². The highest BCUT2D eigenvalue weighted by Gasteiger charge is 2.29. The topological polar surface area (TPSA) is 249 Å². The molecule has 0 bridgehead atoms. The maximum Gasteiger partial charge on any atom is 0.326 e. The van der Waals surface area contributed by atoms with Gasteiger partial charge in [-0.2, -0.15) is 0 Å². The molecule has 7 N–H and O–H groups in total. The Labute approximate surface area is 754 Å². The van der Waals surface area contributed by atoms with Gasteiger partial charge in [0, 0.05) is 116 Å². The maximum absolute atomic E-state index is 12.8. The minimum absolute atomic E-state index is 0.0504. The fourth-order valence-electron chi connectivity index (χ4n) is 15.5. The molecule has 23 nitrogen and oxygen atoms in total. The van der Waals surface area contributed by atoms with E-state index in [2.05, 4.69) is 113 Å². The molecular formula is C105H111FN12O11. The van der Waals surface area contributed by atoms with Gasteiger partial charge in [-0.25, -0.2) is 33.2 Å². The van der Waals surface area contributed by atoms with E-state index in [4.69, 9.17) is 23.7 Å². The molecule has 12 amide bonds. The highest BCUT2D eigenvalue weighted by Crippen LogP contribution is 2.38. The van der Waals surface area contributed by atoms with Crippen LogP contribution in [0.1, 0.15) is 84.0 Å². The average molecular weight is 1740 g/mol. The first-order chi connectivity index (χ1) is 62.8. The second-order valence-corrected chi connectivity index (χ2v) is 31.6. The van der Waals surface area contributed by atoms with Gasteiger partial charge >= 0.3 is 36.2 Å². The van der Waals surface area contributed by atoms with E-state index in [-0.39, 0.29) is 48.8 Å². The number of aryl methyl sites for hydroxylation is 3. The number of rotatable bonds is 16. The third kappa shape index (κ3) is 25.8. The molecule has 12 aromatic rings. The third-order valence-corrected chi connectivity index (χ3v) is 22.6. The SMILES string of the molecule is C=C(C)CN(CC)C(=O)Nc1ccc(-c2ccccc2)cc1.CCc1ccc(NC(=O)N2CCc3ccccc32)cc1.COc1ccccc1C1CCN(C(=O)NCCc2ccccc2)CC1.Cc1ccc(NC(=O)N2CCc3ccccc32)cc1C.O=C(Nc1ccc(F)cc1)N1CCc2ccccc21.O=C(Nc1ccc2c(c1)OCCO2)Nc1ccc2c(c1)OCO2. The molecule has 12 aromatic carbocycles. The van der Waals surface area contributed by atoms with E-state index in [1.807, 2.05) is 204 Å². The number of urea groups is 6. The lowest BCUT2D eigenvalue weighted by molar-refractivity contribution is 0.171. The number of anilines is 9. The number of ether oxygens (including phenoxy) is 5. The fourth-order valence-corrected chi connectivity index (χ4v) is 15.5. The van der Waals surface area contributed by atoms with Crippen LogP contribution < -0.4 is 75.6 Å². The molecule has 0 spiro atoms. The highest BCUT2D eigenvalue weighted by atomic mass is 19.1. The number of benzene rings is 12. The second-order valence-electron chi connectivity index (χ2n) is 31.6. The third-order valence-electron chi connectivity index (χ3n) is 22.6. The Balaban J connectivity index is 0.000000132. The lowest BCUT2D eigenvalue weighted by Crippen LogP contribution is -2.44. The standard InChI is InChI=1S/C21H26N2O2.C19H22N2O.2C17H18N2O.C16H14N2O5.C15H13FN2O/c1-25-20-10-6-5-9-19(20)18-12-15-23(16-13-18)21(24)22-14-11-17-7-3-2-4-8-17;1-4-21(14-15(2)3)19(22)20-18-12-10-17(11-13-18)16-8-6-5-7-9-16;1-12-7-8-15(11-13(12)2)18-17(20)19-10-9-14-5-3-4-6-16(14)19;1-2-13-7-9-15(10-8-13)18-17(20)19-12-11-14-5-3-4-6-16(14)19;19-16(18-11-2-4-13-15(8-11)23-9-22-13)17-10-1-3-12-14(7-10)21-6-5-20-12;16-12-5-7-13(8-6-12)17-15(19)18-10-9-11-3-1-2-4-14(11)18/h2-10,18H,11-16H2,1H3,(H,22,24);5-13H,2,4,14H2,1,3H3,(H,20,22);3-8,11H,9-10H2,1-2H3,(H,18,20);3-10H,2,11-12H2,1H3,(H,18,20);1-4,7-8H,5-6,9H2,(H2,17,18,19);1-8H,9-10H2,(H,17,19). The molecular weight excluding hydrogens is 1620 g/mol. The predicted molar refractivity (Wildman–Crippen MR) is 513 cm³/mol. The second kappa shape index (κ2) is 45.7. The van der Waals surface area contributed by atoms with Crippen LogP contribution >= 0.6 is 0 Å². The zero-order valence-electron chi connectivity index (χ0n) is 73.8. The van der Waals surface area contributed by atoms with E-state index >= 15 is 0 Å². The van der Waals surface area contributed by atoms with Crippen molar-refractivity contribution >= 4 is 87.4 Å². The first-order valence-electron chi connectivity index (χ1n) is 43.7. The van der Waals surface area contributed by atoms with E-state index in [9.17, 15) is 33.2 Å². The summed E-state index contributed by atoms with van der Waals surface area (Å²) in [5, 5.41) is 20.2. The molecule has 1 saturated heterocycles. The van der Waals surface area contributed by atoms with Crippen LogP contribution in [0.5, 0.6) is 28.7 Å². The Morgan fingerprint density at radius 3 is 1.42 bits per heavy atom. The summed E-state index contributed by atoms with van der Waals surface area (Å²) in [6, 6.07) is 90.0. The molecule has 18 rings (SSSR count). The van der Waals surface area contributed by atoms with Crippen molar-refractivity contribution in [1.29, 1.82) is 0 Å². The largest absolute Gasteiger partial charge is 0.496 e. The van der Waals surface area contributed by atoms with Gasteiger partial charge in [-0.1, -0.05) is 183 Å².